The second-order valence-corrected chi connectivity index (χ2v) is 5.37. The lowest BCUT2D eigenvalue weighted by Crippen LogP contribution is -2.57. The quantitative estimate of drug-likeness (QED) is 0.910. The largest absolute Gasteiger partial charge is 0.497 e. The predicted octanol–water partition coefficient (Wildman–Crippen LogP) is 1.24. The molecule has 21 heavy (non-hydrogen) atoms. The van der Waals surface area contributed by atoms with Crippen LogP contribution in [0.5, 0.6) is 5.75 Å². The molecule has 114 valence electrons. The monoisotopic (exact) mass is 291 g/mol. The lowest BCUT2D eigenvalue weighted by Gasteiger charge is -2.42. The number of hydrogen-bond acceptors (Lipinski definition) is 4. The van der Waals surface area contributed by atoms with Crippen molar-refractivity contribution in [3.05, 3.63) is 24.3 Å². The minimum Gasteiger partial charge on any atom is -0.497 e. The molecule has 1 aromatic rings. The van der Waals surface area contributed by atoms with Gasteiger partial charge in [-0.2, -0.15) is 0 Å². The molecule has 6 heteroatoms. The van der Waals surface area contributed by atoms with Gasteiger partial charge in [-0.25, -0.2) is 4.79 Å². The average Bonchev–Trinajstić information content (AvgIpc) is 2.47. The van der Waals surface area contributed by atoms with Gasteiger partial charge in [0.2, 0.25) is 0 Å². The molecule has 2 heterocycles. The third kappa shape index (κ3) is 3.28. The number of carbonyl (C=O) groups excluding carboxylic acids is 1. The summed E-state index contributed by atoms with van der Waals surface area (Å²) in [4.78, 5) is 16.5. The summed E-state index contributed by atoms with van der Waals surface area (Å²) < 4.78 is 10.3. The Hall–Kier alpha value is -1.79. The van der Waals surface area contributed by atoms with E-state index in [1.807, 2.05) is 29.2 Å². The van der Waals surface area contributed by atoms with E-state index >= 15 is 0 Å². The van der Waals surface area contributed by atoms with E-state index < -0.39 is 0 Å². The molecule has 0 radical (unpaired) electrons. The number of rotatable bonds is 3. The van der Waals surface area contributed by atoms with E-state index in [-0.39, 0.29) is 6.03 Å². The highest BCUT2D eigenvalue weighted by atomic mass is 16.5. The van der Waals surface area contributed by atoms with Crippen LogP contribution in [0, 0.1) is 0 Å². The zero-order valence-electron chi connectivity index (χ0n) is 12.2. The second kappa shape index (κ2) is 6.32. The van der Waals surface area contributed by atoms with Gasteiger partial charge in [0.1, 0.15) is 5.75 Å². The van der Waals surface area contributed by atoms with Crippen LogP contribution < -0.4 is 10.1 Å². The molecule has 2 aliphatic heterocycles. The number of hydrogen-bond donors (Lipinski definition) is 1. The van der Waals surface area contributed by atoms with Gasteiger partial charge in [0.15, 0.2) is 0 Å². The van der Waals surface area contributed by atoms with Gasteiger partial charge < -0.3 is 19.7 Å². The number of benzene rings is 1. The van der Waals surface area contributed by atoms with Gasteiger partial charge in [0, 0.05) is 31.9 Å². The summed E-state index contributed by atoms with van der Waals surface area (Å²) >= 11 is 0. The Morgan fingerprint density at radius 1 is 1.19 bits per heavy atom. The highest BCUT2D eigenvalue weighted by Gasteiger charge is 2.30. The van der Waals surface area contributed by atoms with Gasteiger partial charge >= 0.3 is 6.03 Å². The number of carbonyl (C=O) groups is 1. The van der Waals surface area contributed by atoms with Gasteiger partial charge in [-0.05, 0) is 24.3 Å². The molecule has 6 nitrogen and oxygen atoms in total. The molecule has 0 saturated carbocycles. The van der Waals surface area contributed by atoms with E-state index in [0.717, 1.165) is 50.8 Å². The highest BCUT2D eigenvalue weighted by molar-refractivity contribution is 5.89. The molecule has 1 N–H and O–H groups in total. The first-order valence-electron chi connectivity index (χ1n) is 7.28. The number of urea groups is 1. The van der Waals surface area contributed by atoms with E-state index in [1.165, 1.54) is 0 Å². The van der Waals surface area contributed by atoms with Crippen LogP contribution in [-0.2, 0) is 4.74 Å². The molecule has 0 aliphatic carbocycles. The fraction of sp³-hybridized carbons (Fsp3) is 0.533. The number of piperazine rings is 1. The van der Waals surface area contributed by atoms with Crippen LogP contribution in [0.3, 0.4) is 0 Å². The smallest absolute Gasteiger partial charge is 0.321 e. The van der Waals surface area contributed by atoms with Crippen molar-refractivity contribution in [2.24, 2.45) is 0 Å². The normalized spacial score (nSPS) is 20.0. The van der Waals surface area contributed by atoms with Crippen LogP contribution in [0.25, 0.3) is 0 Å². The molecule has 2 amide bonds. The number of nitrogens with zero attached hydrogens (tertiary/aromatic N) is 2. The average molecular weight is 291 g/mol. The number of ether oxygens (including phenoxy) is 2. The Balaban J connectivity index is 1.49. The van der Waals surface area contributed by atoms with Crippen molar-refractivity contribution in [1.29, 1.82) is 0 Å². The molecule has 3 rings (SSSR count). The van der Waals surface area contributed by atoms with Gasteiger partial charge in [-0.3, -0.25) is 4.90 Å². The maximum Gasteiger partial charge on any atom is 0.321 e. The number of nitrogens with one attached hydrogen (secondary N) is 1. The molecular formula is C15H21N3O3. The molecule has 0 bridgehead atoms. The minimum atomic E-state index is -0.0373. The maximum absolute atomic E-state index is 12.2. The molecule has 2 saturated heterocycles. The van der Waals surface area contributed by atoms with Crippen molar-refractivity contribution in [1.82, 2.24) is 9.80 Å². The fourth-order valence-corrected chi connectivity index (χ4v) is 2.60. The molecule has 2 aliphatic rings. The summed E-state index contributed by atoms with van der Waals surface area (Å²) in [5.41, 5.74) is 0.788. The van der Waals surface area contributed by atoms with Crippen LogP contribution in [0.1, 0.15) is 0 Å². The predicted molar refractivity (Wildman–Crippen MR) is 79.8 cm³/mol. The van der Waals surface area contributed by atoms with Crippen LogP contribution in [0.15, 0.2) is 24.3 Å². The van der Waals surface area contributed by atoms with E-state index in [2.05, 4.69) is 10.2 Å². The Morgan fingerprint density at radius 2 is 1.86 bits per heavy atom. The van der Waals surface area contributed by atoms with E-state index in [9.17, 15) is 4.79 Å². The van der Waals surface area contributed by atoms with Gasteiger partial charge in [0.25, 0.3) is 0 Å². The van der Waals surface area contributed by atoms with Gasteiger partial charge in [-0.1, -0.05) is 0 Å². The minimum absolute atomic E-state index is 0.0373. The first kappa shape index (κ1) is 14.2. The SMILES string of the molecule is COc1ccc(NC(=O)N2CCN(C3COC3)CC2)cc1. The highest BCUT2D eigenvalue weighted by Crippen LogP contribution is 2.17. The molecule has 0 atom stereocenters. The summed E-state index contributed by atoms with van der Waals surface area (Å²) in [5, 5.41) is 2.92. The van der Waals surface area contributed by atoms with E-state index in [4.69, 9.17) is 9.47 Å². The summed E-state index contributed by atoms with van der Waals surface area (Å²) in [5.74, 6) is 0.782. The Bertz CT molecular complexity index is 479. The lowest BCUT2D eigenvalue weighted by molar-refractivity contribution is -0.0737. The van der Waals surface area contributed by atoms with E-state index in [1.54, 1.807) is 7.11 Å². The topological polar surface area (TPSA) is 54.0 Å². The van der Waals surface area contributed by atoms with Crippen molar-refractivity contribution in [2.45, 2.75) is 6.04 Å². The van der Waals surface area contributed by atoms with Gasteiger partial charge in [0.05, 0.1) is 26.4 Å². The molecule has 0 aromatic heterocycles. The number of anilines is 1. The van der Waals surface area contributed by atoms with Crippen LogP contribution >= 0.6 is 0 Å². The third-order valence-electron chi connectivity index (χ3n) is 4.08. The number of amides is 2. The zero-order valence-corrected chi connectivity index (χ0v) is 12.2. The maximum atomic E-state index is 12.2. The first-order valence-corrected chi connectivity index (χ1v) is 7.28. The van der Waals surface area contributed by atoms with Crippen molar-refractivity contribution in [3.8, 4) is 5.75 Å². The van der Waals surface area contributed by atoms with Crippen molar-refractivity contribution in [3.63, 3.8) is 0 Å². The molecule has 2 fully saturated rings. The zero-order chi connectivity index (χ0) is 14.7. The van der Waals surface area contributed by atoms with Crippen LogP contribution in [-0.4, -0.2) is 68.4 Å². The standard InChI is InChI=1S/C15H21N3O3/c1-20-14-4-2-12(3-5-14)16-15(19)18-8-6-17(7-9-18)13-10-21-11-13/h2-5,13H,6-11H2,1H3,(H,16,19). The summed E-state index contributed by atoms with van der Waals surface area (Å²) in [6, 6.07) is 7.88. The molecular weight excluding hydrogens is 270 g/mol. The second-order valence-electron chi connectivity index (χ2n) is 5.37. The Kier molecular flexibility index (Phi) is 4.26. The molecule has 1 aromatic carbocycles. The summed E-state index contributed by atoms with van der Waals surface area (Å²) in [6.07, 6.45) is 0. The Labute approximate surface area is 124 Å². The van der Waals surface area contributed by atoms with E-state index in [0.29, 0.717) is 6.04 Å². The van der Waals surface area contributed by atoms with Crippen molar-refractivity contribution < 1.29 is 14.3 Å². The Morgan fingerprint density at radius 3 is 2.38 bits per heavy atom. The first-order chi connectivity index (χ1) is 10.3. The van der Waals surface area contributed by atoms with Crippen molar-refractivity contribution >= 4 is 11.7 Å². The fourth-order valence-electron chi connectivity index (χ4n) is 2.60. The van der Waals surface area contributed by atoms with Crippen molar-refractivity contribution in [2.75, 3.05) is 51.8 Å². The van der Waals surface area contributed by atoms with Crippen LogP contribution in [0.4, 0.5) is 10.5 Å². The lowest BCUT2D eigenvalue weighted by atomic mass is 10.2. The summed E-state index contributed by atoms with van der Waals surface area (Å²) in [7, 11) is 1.63. The summed E-state index contributed by atoms with van der Waals surface area (Å²) in [6.45, 7) is 5.03. The van der Waals surface area contributed by atoms with Crippen LogP contribution in [0.2, 0.25) is 0 Å². The number of methoxy groups -OCH3 is 1. The third-order valence-corrected chi connectivity index (χ3v) is 4.08. The molecule has 0 spiro atoms. The molecule has 0 unspecified atom stereocenters. The van der Waals surface area contributed by atoms with Gasteiger partial charge in [-0.15, -0.1) is 0 Å².